The van der Waals surface area contributed by atoms with E-state index in [-0.39, 0.29) is 36.0 Å². The molecule has 3 rings (SSSR count). The van der Waals surface area contributed by atoms with Gasteiger partial charge in [-0.1, -0.05) is 18.2 Å². The number of carbonyl (C=O) groups excluding carboxylic acids is 2. The van der Waals surface area contributed by atoms with Crippen molar-refractivity contribution in [1.29, 1.82) is 0 Å². The topological polar surface area (TPSA) is 122 Å². The molecule has 0 saturated carbocycles. The minimum Gasteiger partial charge on any atom is -0.449 e. The van der Waals surface area contributed by atoms with Gasteiger partial charge in [0, 0.05) is 24.8 Å². The molecule has 0 aliphatic carbocycles. The second-order valence-corrected chi connectivity index (χ2v) is 6.91. The molecule has 0 aromatic heterocycles. The van der Waals surface area contributed by atoms with Crippen LogP contribution < -0.4 is 10.2 Å². The van der Waals surface area contributed by atoms with Gasteiger partial charge in [0.25, 0.3) is 11.6 Å². The van der Waals surface area contributed by atoms with E-state index in [2.05, 4.69) is 5.32 Å². The van der Waals surface area contributed by atoms with E-state index in [4.69, 9.17) is 9.84 Å². The molecule has 158 valence electrons. The number of amides is 1. The van der Waals surface area contributed by atoms with Gasteiger partial charge in [-0.25, -0.2) is 4.79 Å². The number of nitro benzene ring substituents is 1. The van der Waals surface area contributed by atoms with Gasteiger partial charge < -0.3 is 20.1 Å². The number of nitro groups is 1. The Labute approximate surface area is 173 Å². The number of aliphatic hydroxyl groups is 1. The first kappa shape index (κ1) is 21.3. The SMILES string of the molecule is C[C@H](OC(=O)c1ccc(NCCO)c([N+](=O)[O-])c1)C(=O)N1CCCc2ccccc21. The number of benzene rings is 2. The van der Waals surface area contributed by atoms with Crippen LogP contribution in [0.4, 0.5) is 17.1 Å². The molecule has 1 atom stereocenters. The van der Waals surface area contributed by atoms with Gasteiger partial charge in [0.05, 0.1) is 17.1 Å². The fourth-order valence-electron chi connectivity index (χ4n) is 3.41. The highest BCUT2D eigenvalue weighted by Crippen LogP contribution is 2.28. The molecule has 1 aliphatic heterocycles. The average Bonchev–Trinajstić information content (AvgIpc) is 2.76. The van der Waals surface area contributed by atoms with Gasteiger partial charge in [-0.15, -0.1) is 0 Å². The molecule has 9 heteroatoms. The predicted molar refractivity (Wildman–Crippen MR) is 111 cm³/mol. The van der Waals surface area contributed by atoms with Crippen LogP contribution in [0.2, 0.25) is 0 Å². The van der Waals surface area contributed by atoms with Crippen LogP contribution in [-0.4, -0.2) is 47.7 Å². The molecule has 0 spiro atoms. The third kappa shape index (κ3) is 4.57. The van der Waals surface area contributed by atoms with Crippen LogP contribution in [-0.2, 0) is 16.0 Å². The molecule has 2 aromatic rings. The van der Waals surface area contributed by atoms with E-state index in [0.717, 1.165) is 30.2 Å². The number of aliphatic hydroxyl groups excluding tert-OH is 1. The molecule has 2 N–H and O–H groups in total. The summed E-state index contributed by atoms with van der Waals surface area (Å²) < 4.78 is 5.31. The van der Waals surface area contributed by atoms with E-state index in [1.807, 2.05) is 24.3 Å². The van der Waals surface area contributed by atoms with Crippen LogP contribution in [0.3, 0.4) is 0 Å². The van der Waals surface area contributed by atoms with Crippen LogP contribution in [0, 0.1) is 10.1 Å². The van der Waals surface area contributed by atoms with E-state index >= 15 is 0 Å². The molecule has 1 heterocycles. The second kappa shape index (κ2) is 9.36. The van der Waals surface area contributed by atoms with E-state index in [1.54, 1.807) is 4.90 Å². The molecule has 9 nitrogen and oxygen atoms in total. The predicted octanol–water partition coefficient (Wildman–Crippen LogP) is 2.52. The lowest BCUT2D eigenvalue weighted by Gasteiger charge is -2.31. The van der Waals surface area contributed by atoms with Gasteiger partial charge in [-0.2, -0.15) is 0 Å². The minimum absolute atomic E-state index is 0.0325. The number of aryl methyl sites for hydroxylation is 1. The Morgan fingerprint density at radius 3 is 2.80 bits per heavy atom. The van der Waals surface area contributed by atoms with E-state index in [0.29, 0.717) is 6.54 Å². The zero-order valence-corrected chi connectivity index (χ0v) is 16.5. The number of rotatable bonds is 7. The normalized spacial score (nSPS) is 13.9. The lowest BCUT2D eigenvalue weighted by Crippen LogP contribution is -2.42. The monoisotopic (exact) mass is 413 g/mol. The first-order chi connectivity index (χ1) is 14.4. The Bertz CT molecular complexity index is 962. The first-order valence-electron chi connectivity index (χ1n) is 9.66. The zero-order valence-electron chi connectivity index (χ0n) is 16.5. The van der Waals surface area contributed by atoms with Crippen molar-refractivity contribution in [2.24, 2.45) is 0 Å². The summed E-state index contributed by atoms with van der Waals surface area (Å²) >= 11 is 0. The molecular weight excluding hydrogens is 390 g/mol. The largest absolute Gasteiger partial charge is 0.449 e. The second-order valence-electron chi connectivity index (χ2n) is 6.91. The quantitative estimate of drug-likeness (QED) is 0.406. The van der Waals surface area contributed by atoms with Gasteiger partial charge in [-0.3, -0.25) is 14.9 Å². The van der Waals surface area contributed by atoms with E-state index < -0.39 is 17.0 Å². The average molecular weight is 413 g/mol. The van der Waals surface area contributed by atoms with E-state index in [1.165, 1.54) is 19.1 Å². The van der Waals surface area contributed by atoms with Crippen LogP contribution in [0.1, 0.15) is 29.3 Å². The smallest absolute Gasteiger partial charge is 0.339 e. The van der Waals surface area contributed by atoms with Crippen LogP contribution in [0.5, 0.6) is 0 Å². The number of nitrogens with one attached hydrogen (secondary N) is 1. The van der Waals surface area contributed by atoms with E-state index in [9.17, 15) is 19.7 Å². The summed E-state index contributed by atoms with van der Waals surface area (Å²) in [7, 11) is 0. The number of anilines is 2. The Morgan fingerprint density at radius 1 is 1.30 bits per heavy atom. The molecule has 0 bridgehead atoms. The number of fused-ring (bicyclic) bond motifs is 1. The van der Waals surface area contributed by atoms with Crippen molar-refractivity contribution in [3.8, 4) is 0 Å². The molecule has 1 aliphatic rings. The fourth-order valence-corrected chi connectivity index (χ4v) is 3.41. The summed E-state index contributed by atoms with van der Waals surface area (Å²) in [6, 6.07) is 11.4. The Morgan fingerprint density at radius 2 is 2.07 bits per heavy atom. The van der Waals surface area contributed by atoms with Crippen LogP contribution in [0.25, 0.3) is 0 Å². The number of hydrogen-bond donors (Lipinski definition) is 2. The lowest BCUT2D eigenvalue weighted by molar-refractivity contribution is -0.384. The highest BCUT2D eigenvalue weighted by molar-refractivity contribution is 6.00. The zero-order chi connectivity index (χ0) is 21.7. The van der Waals surface area contributed by atoms with Crippen molar-refractivity contribution in [3.05, 3.63) is 63.7 Å². The summed E-state index contributed by atoms with van der Waals surface area (Å²) in [4.78, 5) is 37.7. The Kier molecular flexibility index (Phi) is 6.63. The highest BCUT2D eigenvalue weighted by Gasteiger charge is 2.29. The minimum atomic E-state index is -1.05. The summed E-state index contributed by atoms with van der Waals surface area (Å²) in [6.07, 6.45) is 0.654. The van der Waals surface area contributed by atoms with Crippen LogP contribution >= 0.6 is 0 Å². The molecular formula is C21H23N3O6. The molecule has 0 radical (unpaired) electrons. The molecule has 30 heavy (non-hydrogen) atoms. The number of esters is 1. The molecule has 0 fully saturated rings. The van der Waals surface area contributed by atoms with Gasteiger partial charge in [0.2, 0.25) is 0 Å². The maximum absolute atomic E-state index is 12.9. The number of ether oxygens (including phenoxy) is 1. The van der Waals surface area contributed by atoms with Gasteiger partial charge >= 0.3 is 5.97 Å². The maximum Gasteiger partial charge on any atom is 0.339 e. The molecule has 0 saturated heterocycles. The van der Waals surface area contributed by atoms with Gasteiger partial charge in [-0.05, 0) is 43.5 Å². The highest BCUT2D eigenvalue weighted by atomic mass is 16.6. The van der Waals surface area contributed by atoms with Crippen molar-refractivity contribution in [1.82, 2.24) is 0 Å². The molecule has 0 unspecified atom stereocenters. The standard InChI is InChI=1S/C21H23N3O6/c1-14(20(26)23-11-4-6-15-5-2-3-7-18(15)23)30-21(27)16-8-9-17(22-10-12-25)19(13-16)24(28)29/h2-3,5,7-9,13-14,22,25H,4,6,10-12H2,1H3/t14-/m0/s1. The summed E-state index contributed by atoms with van der Waals surface area (Å²) in [5, 5.41) is 22.9. The number of carbonyl (C=O) groups is 2. The number of para-hydroxylation sites is 1. The van der Waals surface area contributed by atoms with Crippen molar-refractivity contribution in [3.63, 3.8) is 0 Å². The Balaban J connectivity index is 1.73. The summed E-state index contributed by atoms with van der Waals surface area (Å²) in [6.45, 7) is 1.96. The van der Waals surface area contributed by atoms with Crippen molar-refractivity contribution >= 4 is 28.9 Å². The number of nitrogens with zero attached hydrogens (tertiary/aromatic N) is 2. The van der Waals surface area contributed by atoms with Gasteiger partial charge in [0.1, 0.15) is 5.69 Å². The number of hydrogen-bond acceptors (Lipinski definition) is 7. The first-order valence-corrected chi connectivity index (χ1v) is 9.66. The third-order valence-corrected chi connectivity index (χ3v) is 4.87. The maximum atomic E-state index is 12.9. The fraction of sp³-hybridized carbons (Fsp3) is 0.333. The summed E-state index contributed by atoms with van der Waals surface area (Å²) in [5.41, 5.74) is 1.71. The van der Waals surface area contributed by atoms with Crippen molar-refractivity contribution < 1.29 is 24.4 Å². The molecule has 2 aromatic carbocycles. The molecule has 1 amide bonds. The summed E-state index contributed by atoms with van der Waals surface area (Å²) in [5.74, 6) is -1.16. The van der Waals surface area contributed by atoms with Crippen LogP contribution in [0.15, 0.2) is 42.5 Å². The van der Waals surface area contributed by atoms with Crippen molar-refractivity contribution in [2.45, 2.75) is 25.9 Å². The van der Waals surface area contributed by atoms with Crippen molar-refractivity contribution in [2.75, 3.05) is 29.9 Å². The lowest BCUT2D eigenvalue weighted by atomic mass is 10.0. The van der Waals surface area contributed by atoms with Gasteiger partial charge in [0.15, 0.2) is 6.10 Å². The Hall–Kier alpha value is -3.46. The third-order valence-electron chi connectivity index (χ3n) is 4.87.